The van der Waals surface area contributed by atoms with E-state index < -0.39 is 17.6 Å². The van der Waals surface area contributed by atoms with Crippen molar-refractivity contribution in [2.75, 3.05) is 7.11 Å². The smallest absolute Gasteiger partial charge is 0.337 e. The molecule has 140 valence electrons. The van der Waals surface area contributed by atoms with Crippen molar-refractivity contribution < 1.29 is 19.7 Å². The molecule has 0 aliphatic carbocycles. The topological polar surface area (TPSA) is 106 Å². The third kappa shape index (κ3) is 4.59. The number of hydrogen-bond acceptors (Lipinski definition) is 5. The van der Waals surface area contributed by atoms with Gasteiger partial charge in [-0.25, -0.2) is 4.79 Å². The molecule has 2 rings (SSSR count). The van der Waals surface area contributed by atoms with Gasteiger partial charge in [-0.1, -0.05) is 26.0 Å². The molecule has 0 saturated heterocycles. The fourth-order valence-corrected chi connectivity index (χ4v) is 2.88. The Hall–Kier alpha value is -2.44. The van der Waals surface area contributed by atoms with Gasteiger partial charge in [0.25, 0.3) is 0 Å². The van der Waals surface area contributed by atoms with E-state index in [1.807, 2.05) is 44.2 Å². The van der Waals surface area contributed by atoms with E-state index in [-0.39, 0.29) is 12.3 Å². The summed E-state index contributed by atoms with van der Waals surface area (Å²) in [5.74, 6) is -0.403. The normalized spacial score (nSPS) is 14.7. The minimum absolute atomic E-state index is 0.153. The Kier molecular flexibility index (Phi) is 6.34. The first-order chi connectivity index (χ1) is 12.3. The molecule has 1 aromatic heterocycles. The minimum atomic E-state index is -2.06. The molecule has 1 aromatic carbocycles. The van der Waals surface area contributed by atoms with Crippen LogP contribution >= 0.6 is 0 Å². The van der Waals surface area contributed by atoms with Crippen LogP contribution in [0.15, 0.2) is 42.6 Å². The molecule has 0 unspecified atom stereocenters. The van der Waals surface area contributed by atoms with Crippen LogP contribution in [-0.4, -0.2) is 39.9 Å². The lowest BCUT2D eigenvalue weighted by atomic mass is 9.84. The molecular formula is C20H26N2O4. The van der Waals surface area contributed by atoms with E-state index in [0.717, 1.165) is 16.9 Å². The molecule has 0 amide bonds. The number of methoxy groups -OCH3 is 1. The fraction of sp³-hybridized carbons (Fsp3) is 0.400. The van der Waals surface area contributed by atoms with Gasteiger partial charge in [-0.15, -0.1) is 0 Å². The number of nitrogens with zero attached hydrogens (tertiary/aromatic N) is 1. The Morgan fingerprint density at radius 2 is 1.88 bits per heavy atom. The molecule has 1 heterocycles. The summed E-state index contributed by atoms with van der Waals surface area (Å²) in [5, 5.41) is 20.3. The van der Waals surface area contributed by atoms with Crippen molar-refractivity contribution in [3.05, 3.63) is 48.3 Å². The third-order valence-electron chi connectivity index (χ3n) is 4.40. The summed E-state index contributed by atoms with van der Waals surface area (Å²) in [6.07, 6.45) is 1.85. The lowest BCUT2D eigenvalue weighted by Crippen LogP contribution is -2.56. The van der Waals surface area contributed by atoms with E-state index in [1.165, 1.54) is 0 Å². The van der Waals surface area contributed by atoms with E-state index in [2.05, 4.69) is 4.98 Å². The monoisotopic (exact) mass is 358 g/mol. The van der Waals surface area contributed by atoms with Crippen molar-refractivity contribution in [3.8, 4) is 16.9 Å². The molecule has 0 spiro atoms. The Bertz CT molecular complexity index is 746. The first-order valence-corrected chi connectivity index (χ1v) is 8.57. The number of aliphatic carboxylic acids is 1. The molecule has 6 nitrogen and oxygen atoms in total. The Labute approximate surface area is 153 Å². The SMILES string of the molecule is COc1ccc(-c2ccnc(C[C@](O)(C(=O)O)[C@@H](N)CC(C)C)c2)cc1. The number of aliphatic hydroxyl groups is 1. The highest BCUT2D eigenvalue weighted by molar-refractivity contribution is 5.78. The fourth-order valence-electron chi connectivity index (χ4n) is 2.88. The molecular weight excluding hydrogens is 332 g/mol. The first-order valence-electron chi connectivity index (χ1n) is 8.57. The van der Waals surface area contributed by atoms with Crippen molar-refractivity contribution in [1.82, 2.24) is 4.98 Å². The van der Waals surface area contributed by atoms with Crippen LogP contribution in [0.5, 0.6) is 5.75 Å². The van der Waals surface area contributed by atoms with Gasteiger partial charge < -0.3 is 20.7 Å². The summed E-state index contributed by atoms with van der Waals surface area (Å²) in [6, 6.07) is 10.2. The Morgan fingerprint density at radius 1 is 1.23 bits per heavy atom. The van der Waals surface area contributed by atoms with E-state index in [4.69, 9.17) is 10.5 Å². The number of aromatic nitrogens is 1. The van der Waals surface area contributed by atoms with Gasteiger partial charge in [0.15, 0.2) is 5.60 Å². The van der Waals surface area contributed by atoms with Gasteiger partial charge in [-0.05, 0) is 47.7 Å². The number of carbonyl (C=O) groups is 1. The average Bonchev–Trinajstić information content (AvgIpc) is 2.61. The molecule has 2 atom stereocenters. The van der Waals surface area contributed by atoms with Crippen LogP contribution < -0.4 is 10.5 Å². The van der Waals surface area contributed by atoms with Crippen molar-refractivity contribution in [2.45, 2.75) is 38.3 Å². The summed E-state index contributed by atoms with van der Waals surface area (Å²) < 4.78 is 5.15. The zero-order valence-electron chi connectivity index (χ0n) is 15.3. The number of ether oxygens (including phenoxy) is 1. The zero-order chi connectivity index (χ0) is 19.3. The number of carboxylic acid groups (broad SMARTS) is 1. The maximum atomic E-state index is 11.7. The molecule has 0 bridgehead atoms. The maximum absolute atomic E-state index is 11.7. The molecule has 0 aliphatic rings. The minimum Gasteiger partial charge on any atom is -0.497 e. The number of hydrogen-bond donors (Lipinski definition) is 3. The lowest BCUT2D eigenvalue weighted by molar-refractivity contribution is -0.161. The van der Waals surface area contributed by atoms with Crippen LogP contribution in [0.4, 0.5) is 0 Å². The van der Waals surface area contributed by atoms with Gasteiger partial charge in [0.2, 0.25) is 0 Å². The predicted octanol–water partition coefficient (Wildman–Crippen LogP) is 2.49. The van der Waals surface area contributed by atoms with Crippen molar-refractivity contribution in [2.24, 2.45) is 11.7 Å². The lowest BCUT2D eigenvalue weighted by Gasteiger charge is -2.30. The van der Waals surface area contributed by atoms with Gasteiger partial charge in [-0.3, -0.25) is 4.98 Å². The van der Waals surface area contributed by atoms with Crippen LogP contribution in [-0.2, 0) is 11.2 Å². The standard InChI is InChI=1S/C20H26N2O4/c1-13(2)10-18(21)20(25,19(23)24)12-16-11-15(8-9-22-16)14-4-6-17(26-3)7-5-14/h4-9,11,13,18,25H,10,12,21H2,1-3H3,(H,23,24)/t18-,20+/m0/s1. The highest BCUT2D eigenvalue weighted by Gasteiger charge is 2.43. The molecule has 0 saturated carbocycles. The van der Waals surface area contributed by atoms with Gasteiger partial charge in [0.05, 0.1) is 7.11 Å². The van der Waals surface area contributed by atoms with Crippen molar-refractivity contribution in [1.29, 1.82) is 0 Å². The maximum Gasteiger partial charge on any atom is 0.337 e. The van der Waals surface area contributed by atoms with Crippen LogP contribution in [0, 0.1) is 5.92 Å². The van der Waals surface area contributed by atoms with Crippen LogP contribution in [0.1, 0.15) is 26.0 Å². The van der Waals surface area contributed by atoms with Gasteiger partial charge in [0.1, 0.15) is 5.75 Å². The van der Waals surface area contributed by atoms with Gasteiger partial charge in [0, 0.05) is 24.4 Å². The number of benzene rings is 1. The summed E-state index contributed by atoms with van der Waals surface area (Å²) in [4.78, 5) is 15.9. The van der Waals surface area contributed by atoms with Crippen molar-refractivity contribution >= 4 is 5.97 Å². The van der Waals surface area contributed by atoms with E-state index in [0.29, 0.717) is 12.1 Å². The summed E-state index contributed by atoms with van der Waals surface area (Å²) in [5.41, 5.74) is 6.25. The number of carboxylic acids is 1. The molecule has 0 radical (unpaired) electrons. The average molecular weight is 358 g/mol. The highest BCUT2D eigenvalue weighted by Crippen LogP contribution is 2.25. The van der Waals surface area contributed by atoms with E-state index in [9.17, 15) is 15.0 Å². The quantitative estimate of drug-likeness (QED) is 0.669. The number of nitrogens with two attached hydrogens (primary N) is 1. The third-order valence-corrected chi connectivity index (χ3v) is 4.40. The summed E-state index contributed by atoms with van der Waals surface area (Å²) in [7, 11) is 1.60. The second kappa shape index (κ2) is 8.29. The molecule has 2 aromatic rings. The molecule has 0 aliphatic heterocycles. The number of rotatable bonds is 8. The first kappa shape index (κ1) is 19.9. The predicted molar refractivity (Wildman–Crippen MR) is 99.9 cm³/mol. The molecule has 6 heteroatoms. The molecule has 26 heavy (non-hydrogen) atoms. The van der Waals surface area contributed by atoms with Crippen LogP contribution in [0.2, 0.25) is 0 Å². The highest BCUT2D eigenvalue weighted by atomic mass is 16.5. The summed E-state index contributed by atoms with van der Waals surface area (Å²) in [6.45, 7) is 3.87. The van der Waals surface area contributed by atoms with Crippen LogP contribution in [0.25, 0.3) is 11.1 Å². The van der Waals surface area contributed by atoms with E-state index in [1.54, 1.807) is 19.4 Å². The Balaban J connectivity index is 2.28. The molecule has 4 N–H and O–H groups in total. The van der Waals surface area contributed by atoms with Gasteiger partial charge >= 0.3 is 5.97 Å². The second-order valence-corrected chi connectivity index (χ2v) is 6.91. The second-order valence-electron chi connectivity index (χ2n) is 6.91. The van der Waals surface area contributed by atoms with Gasteiger partial charge in [-0.2, -0.15) is 0 Å². The van der Waals surface area contributed by atoms with Crippen molar-refractivity contribution in [3.63, 3.8) is 0 Å². The number of pyridine rings is 1. The largest absolute Gasteiger partial charge is 0.497 e. The van der Waals surface area contributed by atoms with E-state index >= 15 is 0 Å². The van der Waals surface area contributed by atoms with Crippen LogP contribution in [0.3, 0.4) is 0 Å². The summed E-state index contributed by atoms with van der Waals surface area (Å²) >= 11 is 0. The molecule has 0 fully saturated rings. The Morgan fingerprint density at radius 3 is 2.42 bits per heavy atom. The zero-order valence-corrected chi connectivity index (χ0v) is 15.3.